The maximum absolute atomic E-state index is 13.3. The minimum Gasteiger partial charge on any atom is -0.508 e. The van der Waals surface area contributed by atoms with E-state index in [-0.39, 0.29) is 23.5 Å². The number of nitrogens with zero attached hydrogens (tertiary/aromatic N) is 2. The number of halogens is 1. The van der Waals surface area contributed by atoms with Gasteiger partial charge in [0.15, 0.2) is 0 Å². The molecule has 0 aliphatic carbocycles. The molecule has 1 aliphatic heterocycles. The number of rotatable bonds is 4. The van der Waals surface area contributed by atoms with Gasteiger partial charge in [-0.25, -0.2) is 4.39 Å². The third kappa shape index (κ3) is 2.54. The number of aromatic nitrogens is 2. The molecule has 5 nitrogen and oxygen atoms in total. The fraction of sp³-hybridized carbons (Fsp3) is 0.200. The van der Waals surface area contributed by atoms with Crippen molar-refractivity contribution >= 4 is 5.91 Å². The first-order valence-corrected chi connectivity index (χ1v) is 8.54. The van der Waals surface area contributed by atoms with Gasteiger partial charge in [0, 0.05) is 17.7 Å². The Morgan fingerprint density at radius 1 is 1.15 bits per heavy atom. The third-order valence-corrected chi connectivity index (χ3v) is 4.65. The quantitative estimate of drug-likeness (QED) is 0.749. The molecule has 1 aliphatic rings. The van der Waals surface area contributed by atoms with Gasteiger partial charge < -0.3 is 10.0 Å². The summed E-state index contributed by atoms with van der Waals surface area (Å²) in [7, 11) is 0. The van der Waals surface area contributed by atoms with Gasteiger partial charge in [0.05, 0.1) is 11.7 Å². The monoisotopic (exact) mass is 351 g/mol. The number of fused-ring (bicyclic) bond motifs is 1. The lowest BCUT2D eigenvalue weighted by Gasteiger charge is -2.26. The van der Waals surface area contributed by atoms with Crippen molar-refractivity contribution in [2.45, 2.75) is 19.4 Å². The second-order valence-electron chi connectivity index (χ2n) is 6.36. The lowest BCUT2D eigenvalue weighted by atomic mass is 9.96. The van der Waals surface area contributed by atoms with E-state index in [0.717, 1.165) is 23.1 Å². The van der Waals surface area contributed by atoms with Gasteiger partial charge in [-0.3, -0.25) is 9.89 Å². The summed E-state index contributed by atoms with van der Waals surface area (Å²) in [4.78, 5) is 14.7. The molecule has 2 N–H and O–H groups in total. The molecule has 0 bridgehead atoms. The molecule has 2 heterocycles. The van der Waals surface area contributed by atoms with E-state index < -0.39 is 0 Å². The second kappa shape index (κ2) is 6.29. The van der Waals surface area contributed by atoms with Gasteiger partial charge in [0.1, 0.15) is 17.3 Å². The number of H-pyrrole nitrogens is 1. The number of carbonyl (C=O) groups excluding carboxylic acids is 1. The van der Waals surface area contributed by atoms with Crippen LogP contribution < -0.4 is 0 Å². The van der Waals surface area contributed by atoms with Gasteiger partial charge >= 0.3 is 0 Å². The zero-order valence-corrected chi connectivity index (χ0v) is 14.2. The Morgan fingerprint density at radius 3 is 2.50 bits per heavy atom. The number of aromatic hydroxyl groups is 1. The standard InChI is InChI=1S/C20H18FN3O2/c1-2-11-24-19(13-5-9-15(25)10-6-13)16-17(22-23-18(16)20(24)26)12-3-7-14(21)8-4-12/h3-10,19,25H,2,11H2,1H3,(H,22,23)/t19-/m1/s1. The summed E-state index contributed by atoms with van der Waals surface area (Å²) >= 11 is 0. The number of carbonyl (C=O) groups is 1. The molecular formula is C20H18FN3O2. The fourth-order valence-corrected chi connectivity index (χ4v) is 3.50. The molecular weight excluding hydrogens is 333 g/mol. The van der Waals surface area contributed by atoms with Crippen molar-refractivity contribution in [2.75, 3.05) is 6.54 Å². The van der Waals surface area contributed by atoms with E-state index in [0.29, 0.717) is 17.9 Å². The molecule has 132 valence electrons. The predicted octanol–water partition coefficient (Wildman–Crippen LogP) is 3.88. The van der Waals surface area contributed by atoms with E-state index in [2.05, 4.69) is 10.2 Å². The predicted molar refractivity (Wildman–Crippen MR) is 95.3 cm³/mol. The largest absolute Gasteiger partial charge is 0.508 e. The highest BCUT2D eigenvalue weighted by molar-refractivity contribution is 6.00. The molecule has 3 aromatic rings. The van der Waals surface area contributed by atoms with Crippen LogP contribution in [0.2, 0.25) is 0 Å². The van der Waals surface area contributed by atoms with Crippen molar-refractivity contribution in [2.24, 2.45) is 0 Å². The van der Waals surface area contributed by atoms with Crippen molar-refractivity contribution in [1.82, 2.24) is 15.1 Å². The zero-order valence-electron chi connectivity index (χ0n) is 14.2. The summed E-state index contributed by atoms with van der Waals surface area (Å²) in [5, 5.41) is 16.8. The molecule has 0 saturated heterocycles. The third-order valence-electron chi connectivity index (χ3n) is 4.65. The molecule has 0 spiro atoms. The van der Waals surface area contributed by atoms with E-state index >= 15 is 0 Å². The molecule has 1 atom stereocenters. The first kappa shape index (κ1) is 16.3. The minimum atomic E-state index is -0.320. The van der Waals surface area contributed by atoms with E-state index in [4.69, 9.17) is 0 Å². The highest BCUT2D eigenvalue weighted by atomic mass is 19.1. The van der Waals surface area contributed by atoms with E-state index in [1.807, 2.05) is 24.0 Å². The first-order chi connectivity index (χ1) is 12.6. The Hall–Kier alpha value is -3.15. The zero-order chi connectivity index (χ0) is 18.3. The van der Waals surface area contributed by atoms with Gasteiger partial charge in [-0.05, 0) is 48.4 Å². The molecule has 1 amide bonds. The van der Waals surface area contributed by atoms with Gasteiger partial charge in [-0.2, -0.15) is 5.10 Å². The second-order valence-corrected chi connectivity index (χ2v) is 6.36. The molecule has 0 saturated carbocycles. The van der Waals surface area contributed by atoms with Crippen LogP contribution in [0.5, 0.6) is 5.75 Å². The average molecular weight is 351 g/mol. The lowest BCUT2D eigenvalue weighted by molar-refractivity contribution is 0.0744. The van der Waals surface area contributed by atoms with Crippen LogP contribution in [-0.4, -0.2) is 32.7 Å². The van der Waals surface area contributed by atoms with Crippen LogP contribution in [0.4, 0.5) is 4.39 Å². The van der Waals surface area contributed by atoms with Gasteiger partial charge in [0.25, 0.3) is 5.91 Å². The molecule has 0 unspecified atom stereocenters. The van der Waals surface area contributed by atoms with Crippen LogP contribution in [0.25, 0.3) is 11.3 Å². The number of aromatic amines is 1. The summed E-state index contributed by atoms with van der Waals surface area (Å²) in [5.41, 5.74) is 3.55. The Bertz CT molecular complexity index is 948. The average Bonchev–Trinajstić information content (AvgIpc) is 3.17. The molecule has 1 aromatic heterocycles. The highest BCUT2D eigenvalue weighted by Gasteiger charge is 2.41. The summed E-state index contributed by atoms with van der Waals surface area (Å²) < 4.78 is 13.3. The smallest absolute Gasteiger partial charge is 0.273 e. The van der Waals surface area contributed by atoms with Crippen LogP contribution in [0.1, 0.15) is 41.0 Å². The molecule has 0 radical (unpaired) electrons. The van der Waals surface area contributed by atoms with E-state index in [9.17, 15) is 14.3 Å². The van der Waals surface area contributed by atoms with Crippen LogP contribution >= 0.6 is 0 Å². The van der Waals surface area contributed by atoms with Crippen LogP contribution in [0.15, 0.2) is 48.5 Å². The first-order valence-electron chi connectivity index (χ1n) is 8.54. The molecule has 2 aromatic carbocycles. The Labute approximate surface area is 150 Å². The summed E-state index contributed by atoms with van der Waals surface area (Å²) in [6.07, 6.45) is 0.823. The Kier molecular flexibility index (Phi) is 3.95. The van der Waals surface area contributed by atoms with E-state index in [1.54, 1.807) is 24.3 Å². The topological polar surface area (TPSA) is 69.2 Å². The van der Waals surface area contributed by atoms with Crippen molar-refractivity contribution in [3.8, 4) is 17.0 Å². The van der Waals surface area contributed by atoms with Gasteiger partial charge in [0.2, 0.25) is 0 Å². The number of phenols is 1. The molecule has 26 heavy (non-hydrogen) atoms. The lowest BCUT2D eigenvalue weighted by Crippen LogP contribution is -2.30. The SMILES string of the molecule is CCCN1C(=O)c2[nH]nc(-c3ccc(F)cc3)c2[C@H]1c1ccc(O)cc1. The van der Waals surface area contributed by atoms with Crippen LogP contribution in [0, 0.1) is 5.82 Å². The Balaban J connectivity index is 1.87. The summed E-state index contributed by atoms with van der Waals surface area (Å²) in [6, 6.07) is 12.6. The number of nitrogens with one attached hydrogen (secondary N) is 1. The Morgan fingerprint density at radius 2 is 1.85 bits per heavy atom. The number of benzene rings is 2. The maximum Gasteiger partial charge on any atom is 0.273 e. The van der Waals surface area contributed by atoms with Crippen molar-refractivity contribution in [3.05, 3.63) is 71.2 Å². The van der Waals surface area contributed by atoms with E-state index in [1.165, 1.54) is 12.1 Å². The highest BCUT2D eigenvalue weighted by Crippen LogP contribution is 2.42. The van der Waals surface area contributed by atoms with Crippen molar-refractivity contribution in [3.63, 3.8) is 0 Å². The summed E-state index contributed by atoms with van der Waals surface area (Å²) in [6.45, 7) is 2.63. The minimum absolute atomic E-state index is 0.0965. The number of hydrogen-bond acceptors (Lipinski definition) is 3. The van der Waals surface area contributed by atoms with Crippen LogP contribution in [-0.2, 0) is 0 Å². The number of phenolic OH excluding ortho intramolecular Hbond substituents is 1. The normalized spacial score (nSPS) is 16.2. The molecule has 6 heteroatoms. The number of hydrogen-bond donors (Lipinski definition) is 2. The molecule has 0 fully saturated rings. The van der Waals surface area contributed by atoms with Crippen LogP contribution in [0.3, 0.4) is 0 Å². The number of amides is 1. The fourth-order valence-electron chi connectivity index (χ4n) is 3.50. The summed E-state index contributed by atoms with van der Waals surface area (Å²) in [5.74, 6) is -0.244. The molecule has 4 rings (SSSR count). The van der Waals surface area contributed by atoms with Crippen molar-refractivity contribution in [1.29, 1.82) is 0 Å². The maximum atomic E-state index is 13.3. The van der Waals surface area contributed by atoms with Gasteiger partial charge in [-0.15, -0.1) is 0 Å². The van der Waals surface area contributed by atoms with Gasteiger partial charge in [-0.1, -0.05) is 19.1 Å². The van der Waals surface area contributed by atoms with Crippen molar-refractivity contribution < 1.29 is 14.3 Å².